The van der Waals surface area contributed by atoms with Crippen LogP contribution in [-0.2, 0) is 16.1 Å². The van der Waals surface area contributed by atoms with Crippen molar-refractivity contribution < 1.29 is 14.3 Å². The average molecular weight is 250 g/mol. The van der Waals surface area contributed by atoms with Gasteiger partial charge in [-0.2, -0.15) is 0 Å². The summed E-state index contributed by atoms with van der Waals surface area (Å²) in [5.41, 5.74) is 1.13. The van der Waals surface area contributed by atoms with Crippen LogP contribution in [0.15, 0.2) is 24.3 Å². The molecule has 0 fully saturated rings. The normalized spacial score (nSPS) is 13.9. The average Bonchev–Trinajstić information content (AvgIpc) is 2.39. The first-order valence-electron chi connectivity index (χ1n) is 6.31. The maximum atomic E-state index is 10.5. The zero-order valence-electron chi connectivity index (χ0n) is 11.4. The second-order valence-corrected chi connectivity index (χ2v) is 4.82. The molecule has 0 aliphatic rings. The fourth-order valence-electron chi connectivity index (χ4n) is 1.86. The van der Waals surface area contributed by atoms with Crippen LogP contribution in [0, 0.1) is 11.8 Å². The van der Waals surface area contributed by atoms with Gasteiger partial charge < -0.3 is 14.3 Å². The molecule has 0 amide bonds. The van der Waals surface area contributed by atoms with Crippen LogP contribution in [-0.4, -0.2) is 20.0 Å². The lowest BCUT2D eigenvalue weighted by atomic mass is 9.99. The van der Waals surface area contributed by atoms with Gasteiger partial charge in [0.15, 0.2) is 0 Å². The SMILES string of the molecule is COc1ccc(COC[C@@H](C)C[C@H](C)C=O)cc1. The van der Waals surface area contributed by atoms with Crippen molar-refractivity contribution in [1.82, 2.24) is 0 Å². The van der Waals surface area contributed by atoms with Crippen molar-refractivity contribution in [2.45, 2.75) is 26.9 Å². The van der Waals surface area contributed by atoms with Crippen molar-refractivity contribution in [3.05, 3.63) is 29.8 Å². The van der Waals surface area contributed by atoms with E-state index in [1.807, 2.05) is 31.2 Å². The van der Waals surface area contributed by atoms with Crippen molar-refractivity contribution in [2.24, 2.45) is 11.8 Å². The molecule has 0 heterocycles. The molecule has 0 radical (unpaired) electrons. The zero-order chi connectivity index (χ0) is 13.4. The summed E-state index contributed by atoms with van der Waals surface area (Å²) in [7, 11) is 1.65. The topological polar surface area (TPSA) is 35.5 Å². The third-order valence-corrected chi connectivity index (χ3v) is 2.84. The summed E-state index contributed by atoms with van der Waals surface area (Å²) in [5, 5.41) is 0. The lowest BCUT2D eigenvalue weighted by molar-refractivity contribution is -0.111. The molecular formula is C15H22O3. The van der Waals surface area contributed by atoms with Gasteiger partial charge >= 0.3 is 0 Å². The Morgan fingerprint density at radius 2 is 1.89 bits per heavy atom. The van der Waals surface area contributed by atoms with Gasteiger partial charge in [-0.25, -0.2) is 0 Å². The number of carbonyl (C=O) groups excluding carboxylic acids is 1. The highest BCUT2D eigenvalue weighted by molar-refractivity contribution is 5.52. The van der Waals surface area contributed by atoms with Gasteiger partial charge in [0.1, 0.15) is 12.0 Å². The molecular weight excluding hydrogens is 228 g/mol. The van der Waals surface area contributed by atoms with Crippen molar-refractivity contribution in [3.8, 4) is 5.75 Å². The number of ether oxygens (including phenoxy) is 2. The summed E-state index contributed by atoms with van der Waals surface area (Å²) < 4.78 is 10.7. The molecule has 1 rings (SSSR count). The first kappa shape index (κ1) is 14.7. The molecule has 0 saturated heterocycles. The molecule has 0 unspecified atom stereocenters. The van der Waals surface area contributed by atoms with Gasteiger partial charge in [0.25, 0.3) is 0 Å². The molecule has 2 atom stereocenters. The van der Waals surface area contributed by atoms with E-state index in [1.165, 1.54) is 0 Å². The lowest BCUT2D eigenvalue weighted by Gasteiger charge is -2.13. The molecule has 1 aromatic rings. The molecule has 100 valence electrons. The molecule has 0 saturated carbocycles. The minimum atomic E-state index is 0.115. The van der Waals surface area contributed by atoms with Crippen LogP contribution < -0.4 is 4.74 Å². The molecule has 0 aliphatic carbocycles. The summed E-state index contributed by atoms with van der Waals surface area (Å²) in [6.07, 6.45) is 1.88. The molecule has 0 spiro atoms. The quantitative estimate of drug-likeness (QED) is 0.665. The molecule has 1 aromatic carbocycles. The van der Waals surface area contributed by atoms with Crippen LogP contribution in [0.4, 0.5) is 0 Å². The Morgan fingerprint density at radius 1 is 1.22 bits per heavy atom. The van der Waals surface area contributed by atoms with Gasteiger partial charge in [-0.05, 0) is 30.0 Å². The highest BCUT2D eigenvalue weighted by Gasteiger charge is 2.08. The van der Waals surface area contributed by atoms with Gasteiger partial charge in [-0.15, -0.1) is 0 Å². The Morgan fingerprint density at radius 3 is 2.44 bits per heavy atom. The monoisotopic (exact) mass is 250 g/mol. The Bertz CT molecular complexity index is 345. The zero-order valence-corrected chi connectivity index (χ0v) is 11.4. The highest BCUT2D eigenvalue weighted by atomic mass is 16.5. The first-order chi connectivity index (χ1) is 8.65. The van der Waals surface area contributed by atoms with E-state index in [0.717, 1.165) is 24.0 Å². The predicted octanol–water partition coefficient (Wildman–Crippen LogP) is 3.07. The number of rotatable bonds is 8. The number of aldehydes is 1. The Labute approximate surface area is 109 Å². The lowest BCUT2D eigenvalue weighted by Crippen LogP contribution is -2.10. The second kappa shape index (κ2) is 7.88. The Kier molecular flexibility index (Phi) is 6.44. The summed E-state index contributed by atoms with van der Waals surface area (Å²) in [6.45, 7) is 5.33. The molecule has 0 bridgehead atoms. The molecule has 18 heavy (non-hydrogen) atoms. The standard InChI is InChI=1S/C15H22O3/c1-12(9-16)8-13(2)10-18-11-14-4-6-15(17-3)7-5-14/h4-7,9,12-13H,8,10-11H2,1-3H3/t12-,13-/m0/s1. The van der Waals surface area contributed by atoms with E-state index in [1.54, 1.807) is 7.11 Å². The highest BCUT2D eigenvalue weighted by Crippen LogP contribution is 2.14. The number of benzene rings is 1. The maximum Gasteiger partial charge on any atom is 0.122 e. The van der Waals surface area contributed by atoms with E-state index < -0.39 is 0 Å². The third-order valence-electron chi connectivity index (χ3n) is 2.84. The largest absolute Gasteiger partial charge is 0.497 e. The van der Waals surface area contributed by atoms with Gasteiger partial charge in [-0.3, -0.25) is 0 Å². The Balaban J connectivity index is 2.26. The summed E-state index contributed by atoms with van der Waals surface area (Å²) in [5.74, 6) is 1.37. The molecule has 0 N–H and O–H groups in total. The van der Waals surface area contributed by atoms with Crippen LogP contribution in [0.2, 0.25) is 0 Å². The van der Waals surface area contributed by atoms with Crippen LogP contribution in [0.5, 0.6) is 5.75 Å². The van der Waals surface area contributed by atoms with Gasteiger partial charge in [0.05, 0.1) is 13.7 Å². The number of hydrogen-bond donors (Lipinski definition) is 0. The van der Waals surface area contributed by atoms with Crippen molar-refractivity contribution in [1.29, 1.82) is 0 Å². The van der Waals surface area contributed by atoms with E-state index in [0.29, 0.717) is 19.1 Å². The smallest absolute Gasteiger partial charge is 0.122 e. The van der Waals surface area contributed by atoms with E-state index >= 15 is 0 Å². The second-order valence-electron chi connectivity index (χ2n) is 4.82. The summed E-state index contributed by atoms with van der Waals surface area (Å²) in [4.78, 5) is 10.5. The number of hydrogen-bond acceptors (Lipinski definition) is 3. The van der Waals surface area contributed by atoms with Gasteiger partial charge in [-0.1, -0.05) is 26.0 Å². The van der Waals surface area contributed by atoms with Crippen molar-refractivity contribution in [2.75, 3.05) is 13.7 Å². The van der Waals surface area contributed by atoms with Crippen LogP contribution in [0.1, 0.15) is 25.8 Å². The van der Waals surface area contributed by atoms with Gasteiger partial charge in [0.2, 0.25) is 0 Å². The number of methoxy groups -OCH3 is 1. The molecule has 3 nitrogen and oxygen atoms in total. The van der Waals surface area contributed by atoms with E-state index in [2.05, 4.69) is 6.92 Å². The van der Waals surface area contributed by atoms with E-state index in [4.69, 9.17) is 9.47 Å². The summed E-state index contributed by atoms with van der Waals surface area (Å²) >= 11 is 0. The maximum absolute atomic E-state index is 10.5. The summed E-state index contributed by atoms with van der Waals surface area (Å²) in [6, 6.07) is 7.85. The van der Waals surface area contributed by atoms with Crippen molar-refractivity contribution >= 4 is 6.29 Å². The van der Waals surface area contributed by atoms with E-state index in [9.17, 15) is 4.79 Å². The molecule has 3 heteroatoms. The van der Waals surface area contributed by atoms with Crippen molar-refractivity contribution in [3.63, 3.8) is 0 Å². The first-order valence-corrected chi connectivity index (χ1v) is 6.31. The number of carbonyl (C=O) groups is 1. The molecule has 0 aromatic heterocycles. The molecule has 0 aliphatic heterocycles. The van der Waals surface area contributed by atoms with Gasteiger partial charge in [0, 0.05) is 12.5 Å². The minimum Gasteiger partial charge on any atom is -0.497 e. The fourth-order valence-corrected chi connectivity index (χ4v) is 1.86. The van der Waals surface area contributed by atoms with Crippen LogP contribution in [0.25, 0.3) is 0 Å². The third kappa shape index (κ3) is 5.32. The Hall–Kier alpha value is -1.35. The van der Waals surface area contributed by atoms with E-state index in [-0.39, 0.29) is 5.92 Å². The van der Waals surface area contributed by atoms with Crippen LogP contribution in [0.3, 0.4) is 0 Å². The minimum absolute atomic E-state index is 0.115. The van der Waals surface area contributed by atoms with Crippen LogP contribution >= 0.6 is 0 Å². The fraction of sp³-hybridized carbons (Fsp3) is 0.533. The predicted molar refractivity (Wildman–Crippen MR) is 71.7 cm³/mol.